The maximum absolute atomic E-state index is 13.1. The lowest BCUT2D eigenvalue weighted by Gasteiger charge is -2.22. The molecular weight excluding hydrogens is 417 g/mol. The largest absolute Gasteiger partial charge is 0.418 e. The van der Waals surface area contributed by atoms with E-state index in [1.54, 1.807) is 21.0 Å². The minimum Gasteiger partial charge on any atom is -0.372 e. The van der Waals surface area contributed by atoms with E-state index in [4.69, 9.17) is 0 Å². The maximum Gasteiger partial charge on any atom is 0.418 e. The first-order valence-electron chi connectivity index (χ1n) is 9.16. The summed E-state index contributed by atoms with van der Waals surface area (Å²) in [6.07, 6.45) is -4.66. The molecule has 0 aliphatic carbocycles. The molecule has 2 rings (SSSR count). The monoisotopic (exact) mass is 438 g/mol. The number of carbonyl (C=O) groups is 2. The lowest BCUT2D eigenvalue weighted by Crippen LogP contribution is -2.38. The molecule has 2 amide bonds. The van der Waals surface area contributed by atoms with E-state index in [-0.39, 0.29) is 17.8 Å². The summed E-state index contributed by atoms with van der Waals surface area (Å²) in [5.74, 6) is -1.48. The van der Waals surface area contributed by atoms with Crippen LogP contribution in [0.4, 0.5) is 30.2 Å². The second kappa shape index (κ2) is 9.45. The van der Waals surface area contributed by atoms with Crippen molar-refractivity contribution >= 4 is 28.9 Å². The molecule has 0 unspecified atom stereocenters. The Bertz CT molecular complexity index is 993. The van der Waals surface area contributed by atoms with Gasteiger partial charge in [-0.15, -0.1) is 0 Å². The number of carbonyl (C=O) groups excluding carboxylic acids is 2. The van der Waals surface area contributed by atoms with Crippen LogP contribution in [-0.4, -0.2) is 48.8 Å². The van der Waals surface area contributed by atoms with Crippen molar-refractivity contribution in [2.24, 2.45) is 0 Å². The summed E-state index contributed by atoms with van der Waals surface area (Å²) in [5.41, 5.74) is -1.42. The minimum absolute atomic E-state index is 0.0114. The second-order valence-corrected chi connectivity index (χ2v) is 6.77. The molecule has 1 N–H and O–H groups in total. The van der Waals surface area contributed by atoms with Crippen molar-refractivity contribution < 1.29 is 27.7 Å². The van der Waals surface area contributed by atoms with E-state index in [2.05, 4.69) is 5.32 Å². The Kier molecular flexibility index (Phi) is 7.21. The molecule has 0 spiro atoms. The van der Waals surface area contributed by atoms with Gasteiger partial charge < -0.3 is 15.1 Å². The predicted octanol–water partition coefficient (Wildman–Crippen LogP) is 3.78. The molecule has 8 nitrogen and oxygen atoms in total. The van der Waals surface area contributed by atoms with Crippen LogP contribution in [0.1, 0.15) is 22.8 Å². The third-order valence-corrected chi connectivity index (χ3v) is 4.41. The Balaban J connectivity index is 2.22. The number of nitro groups is 1. The maximum atomic E-state index is 13.1. The van der Waals surface area contributed by atoms with Gasteiger partial charge in [0.2, 0.25) is 5.91 Å². The van der Waals surface area contributed by atoms with E-state index in [0.29, 0.717) is 5.69 Å². The van der Waals surface area contributed by atoms with Crippen molar-refractivity contribution in [2.45, 2.75) is 13.1 Å². The Hall–Kier alpha value is -3.63. The van der Waals surface area contributed by atoms with Crippen LogP contribution < -0.4 is 10.2 Å². The topological polar surface area (TPSA) is 95.8 Å². The van der Waals surface area contributed by atoms with E-state index in [1.807, 2.05) is 0 Å². The Labute approximate surface area is 176 Å². The second-order valence-electron chi connectivity index (χ2n) is 6.77. The molecule has 2 aromatic carbocycles. The van der Waals surface area contributed by atoms with Crippen LogP contribution in [0.2, 0.25) is 0 Å². The summed E-state index contributed by atoms with van der Waals surface area (Å²) in [6.45, 7) is 1.12. The van der Waals surface area contributed by atoms with Gasteiger partial charge in [0.25, 0.3) is 11.6 Å². The van der Waals surface area contributed by atoms with Crippen LogP contribution >= 0.6 is 0 Å². The fraction of sp³-hybridized carbons (Fsp3) is 0.300. The molecule has 0 saturated heterocycles. The van der Waals surface area contributed by atoms with Crippen LogP contribution in [-0.2, 0) is 11.0 Å². The number of hydrogen-bond acceptors (Lipinski definition) is 5. The lowest BCUT2D eigenvalue weighted by atomic mass is 10.1. The molecular formula is C20H21F3N4O4. The van der Waals surface area contributed by atoms with E-state index < -0.39 is 40.7 Å². The summed E-state index contributed by atoms with van der Waals surface area (Å²) in [6, 6.07) is 8.41. The molecule has 11 heteroatoms. The highest BCUT2D eigenvalue weighted by atomic mass is 19.4. The number of anilines is 2. The van der Waals surface area contributed by atoms with Gasteiger partial charge in [-0.25, -0.2) is 0 Å². The predicted molar refractivity (Wildman–Crippen MR) is 109 cm³/mol. The third kappa shape index (κ3) is 5.71. The number of alkyl halides is 3. The highest BCUT2D eigenvalue weighted by Gasteiger charge is 2.33. The average Bonchev–Trinajstić information content (AvgIpc) is 2.70. The zero-order chi connectivity index (χ0) is 23.3. The number of nitrogens with zero attached hydrogens (tertiary/aromatic N) is 3. The van der Waals surface area contributed by atoms with E-state index >= 15 is 0 Å². The molecule has 0 heterocycles. The van der Waals surface area contributed by atoms with E-state index in [1.165, 1.54) is 29.2 Å². The number of nitro benzene ring substituents is 1. The van der Waals surface area contributed by atoms with Gasteiger partial charge >= 0.3 is 6.18 Å². The summed E-state index contributed by atoms with van der Waals surface area (Å²) in [7, 11) is 3.23. The van der Waals surface area contributed by atoms with Crippen molar-refractivity contribution in [3.63, 3.8) is 0 Å². The number of nitrogens with one attached hydrogen (secondary N) is 1. The van der Waals surface area contributed by atoms with Gasteiger partial charge in [0.05, 0.1) is 16.2 Å². The summed E-state index contributed by atoms with van der Waals surface area (Å²) >= 11 is 0. The number of halogens is 3. The fourth-order valence-corrected chi connectivity index (χ4v) is 2.89. The van der Waals surface area contributed by atoms with Crippen LogP contribution in [0.25, 0.3) is 0 Å². The summed E-state index contributed by atoms with van der Waals surface area (Å²) in [4.78, 5) is 38.4. The molecule has 0 atom stereocenters. The number of hydrogen-bond donors (Lipinski definition) is 1. The Morgan fingerprint density at radius 2 is 1.77 bits per heavy atom. The lowest BCUT2D eigenvalue weighted by molar-refractivity contribution is -0.384. The van der Waals surface area contributed by atoms with Crippen molar-refractivity contribution in [3.8, 4) is 0 Å². The van der Waals surface area contributed by atoms with Crippen molar-refractivity contribution in [2.75, 3.05) is 37.4 Å². The number of benzene rings is 2. The minimum atomic E-state index is -4.66. The van der Waals surface area contributed by atoms with Crippen LogP contribution in [0, 0.1) is 10.1 Å². The van der Waals surface area contributed by atoms with Gasteiger partial charge in [-0.1, -0.05) is 12.1 Å². The van der Waals surface area contributed by atoms with Crippen LogP contribution in [0.3, 0.4) is 0 Å². The molecule has 0 aromatic heterocycles. The van der Waals surface area contributed by atoms with E-state index in [9.17, 15) is 32.9 Å². The number of para-hydroxylation sites is 1. The smallest absolute Gasteiger partial charge is 0.372 e. The average molecular weight is 438 g/mol. The number of rotatable bonds is 7. The van der Waals surface area contributed by atoms with Gasteiger partial charge in [0.15, 0.2) is 0 Å². The van der Waals surface area contributed by atoms with Crippen molar-refractivity contribution in [3.05, 3.63) is 63.7 Å². The molecule has 0 fully saturated rings. The van der Waals surface area contributed by atoms with Gasteiger partial charge in [-0.3, -0.25) is 19.7 Å². The van der Waals surface area contributed by atoms with Gasteiger partial charge in [-0.2, -0.15) is 13.2 Å². The molecule has 0 radical (unpaired) electrons. The molecule has 0 aliphatic heterocycles. The van der Waals surface area contributed by atoms with Crippen molar-refractivity contribution in [1.82, 2.24) is 4.90 Å². The first kappa shape index (κ1) is 23.6. The van der Waals surface area contributed by atoms with Gasteiger partial charge in [0, 0.05) is 32.3 Å². The first-order valence-corrected chi connectivity index (χ1v) is 9.16. The van der Waals surface area contributed by atoms with Crippen LogP contribution in [0.5, 0.6) is 0 Å². The molecule has 2 aromatic rings. The quantitative estimate of drug-likeness (QED) is 0.524. The highest BCUT2D eigenvalue weighted by molar-refractivity contribution is 6.00. The van der Waals surface area contributed by atoms with Crippen molar-refractivity contribution in [1.29, 1.82) is 0 Å². The van der Waals surface area contributed by atoms with Gasteiger partial charge in [-0.05, 0) is 31.2 Å². The Morgan fingerprint density at radius 3 is 2.32 bits per heavy atom. The zero-order valence-corrected chi connectivity index (χ0v) is 17.1. The van der Waals surface area contributed by atoms with Crippen LogP contribution in [0.15, 0.2) is 42.5 Å². The third-order valence-electron chi connectivity index (χ3n) is 4.41. The van der Waals surface area contributed by atoms with E-state index in [0.717, 1.165) is 23.1 Å². The highest BCUT2D eigenvalue weighted by Crippen LogP contribution is 2.34. The molecule has 31 heavy (non-hydrogen) atoms. The summed E-state index contributed by atoms with van der Waals surface area (Å²) in [5, 5.41) is 13.5. The zero-order valence-electron chi connectivity index (χ0n) is 17.1. The van der Waals surface area contributed by atoms with Gasteiger partial charge in [0.1, 0.15) is 12.2 Å². The Morgan fingerprint density at radius 1 is 1.13 bits per heavy atom. The number of amides is 2. The summed E-state index contributed by atoms with van der Waals surface area (Å²) < 4.78 is 39.3. The molecule has 0 aliphatic rings. The molecule has 0 saturated carbocycles. The SMILES string of the molecule is CCN(CC(=O)Nc1ccccc1C(F)(F)F)C(=O)c1ccc(N(C)C)c([N+](=O)[O-])c1. The fourth-order valence-electron chi connectivity index (χ4n) is 2.89. The molecule has 166 valence electrons. The normalized spacial score (nSPS) is 11.0. The number of likely N-dealkylation sites (N-methyl/N-ethyl adjacent to an activating group) is 1. The standard InChI is InChI=1S/C20H21F3N4O4/c1-4-26(12-18(28)24-15-8-6-5-7-14(15)20(21,22)23)19(29)13-9-10-16(25(2)3)17(11-13)27(30)31/h5-11H,4,12H2,1-3H3,(H,24,28). The molecule has 0 bridgehead atoms. The first-order chi connectivity index (χ1) is 14.5.